The van der Waals surface area contributed by atoms with E-state index in [9.17, 15) is 9.59 Å². The third kappa shape index (κ3) is 2.28. The average Bonchev–Trinajstić information content (AvgIpc) is 3.10. The molecule has 4 heteroatoms. The number of benzene rings is 2. The number of hydrogen-bond donors (Lipinski definition) is 1. The minimum atomic E-state index is -0.893. The summed E-state index contributed by atoms with van der Waals surface area (Å²) in [5, 5.41) is 3.03. The molecule has 4 nitrogen and oxygen atoms in total. The number of hydrogen-bond acceptors (Lipinski definition) is 2. The van der Waals surface area contributed by atoms with Crippen LogP contribution in [0.3, 0.4) is 0 Å². The van der Waals surface area contributed by atoms with Crippen LogP contribution in [0.2, 0.25) is 0 Å². The molecule has 0 bridgehead atoms. The largest absolute Gasteiger partial charge is 0.325 e. The van der Waals surface area contributed by atoms with Crippen molar-refractivity contribution >= 4 is 11.9 Å². The fraction of sp³-hybridized carbons (Fsp3) is 0.333. The van der Waals surface area contributed by atoms with Crippen LogP contribution in [0.1, 0.15) is 43.0 Å². The van der Waals surface area contributed by atoms with Gasteiger partial charge in [0.1, 0.15) is 5.54 Å². The fourth-order valence-electron chi connectivity index (χ4n) is 4.29. The van der Waals surface area contributed by atoms with Crippen molar-refractivity contribution in [2.45, 2.75) is 38.3 Å². The predicted octanol–water partition coefficient (Wildman–Crippen LogP) is 3.78. The van der Waals surface area contributed by atoms with Gasteiger partial charge in [0.25, 0.3) is 5.91 Å². The maximum atomic E-state index is 13.5. The Morgan fingerprint density at radius 3 is 2.40 bits per heavy atom. The van der Waals surface area contributed by atoms with E-state index in [0.29, 0.717) is 6.42 Å². The molecule has 2 unspecified atom stereocenters. The summed E-state index contributed by atoms with van der Waals surface area (Å²) in [6.07, 6.45) is 1.45. The van der Waals surface area contributed by atoms with Gasteiger partial charge in [0.2, 0.25) is 0 Å². The normalized spacial score (nSPS) is 23.2. The van der Waals surface area contributed by atoms with Gasteiger partial charge < -0.3 is 5.32 Å². The van der Waals surface area contributed by atoms with E-state index in [4.69, 9.17) is 0 Å². The summed E-state index contributed by atoms with van der Waals surface area (Å²) in [4.78, 5) is 27.8. The molecule has 25 heavy (non-hydrogen) atoms. The average molecular weight is 334 g/mol. The number of urea groups is 1. The van der Waals surface area contributed by atoms with Crippen molar-refractivity contribution in [2.75, 3.05) is 0 Å². The van der Waals surface area contributed by atoms with Gasteiger partial charge in [0, 0.05) is 0 Å². The van der Waals surface area contributed by atoms with E-state index in [0.717, 1.165) is 23.1 Å². The second-order valence-corrected chi connectivity index (χ2v) is 7.27. The van der Waals surface area contributed by atoms with E-state index >= 15 is 0 Å². The van der Waals surface area contributed by atoms with Crippen LogP contribution in [0.15, 0.2) is 54.6 Å². The fourth-order valence-corrected chi connectivity index (χ4v) is 4.29. The molecule has 0 radical (unpaired) electrons. The number of rotatable bonds is 3. The van der Waals surface area contributed by atoms with Crippen molar-refractivity contribution in [1.82, 2.24) is 10.2 Å². The molecule has 1 saturated heterocycles. The number of amides is 3. The molecule has 1 heterocycles. The Morgan fingerprint density at radius 2 is 1.68 bits per heavy atom. The van der Waals surface area contributed by atoms with Crippen molar-refractivity contribution in [1.29, 1.82) is 0 Å². The molecule has 4 rings (SSSR count). The molecule has 1 aliphatic heterocycles. The second-order valence-electron chi connectivity index (χ2n) is 7.27. The molecular formula is C21H22N2O2. The standard InChI is InChI=1S/C21H22N2O2/c1-14(2)18(16-9-4-3-5-10-16)23-19(24)21(22-20(23)25)13-12-15-8-6-7-11-17(15)21/h3-11,14,18H,12-13H2,1-2H3,(H,22,25). The van der Waals surface area contributed by atoms with E-state index in [1.54, 1.807) is 0 Å². The number of aryl methyl sites for hydroxylation is 1. The lowest BCUT2D eigenvalue weighted by molar-refractivity contribution is -0.134. The maximum Gasteiger partial charge on any atom is 0.325 e. The first-order valence-electron chi connectivity index (χ1n) is 8.84. The summed E-state index contributed by atoms with van der Waals surface area (Å²) in [6.45, 7) is 4.09. The van der Waals surface area contributed by atoms with E-state index in [1.807, 2.05) is 68.4 Å². The number of carbonyl (C=O) groups excluding carboxylic acids is 2. The third-order valence-electron chi connectivity index (χ3n) is 5.42. The van der Waals surface area contributed by atoms with Crippen molar-refractivity contribution in [3.63, 3.8) is 0 Å². The Balaban J connectivity index is 1.78. The summed E-state index contributed by atoms with van der Waals surface area (Å²) < 4.78 is 0. The van der Waals surface area contributed by atoms with Crippen LogP contribution in [0.25, 0.3) is 0 Å². The first-order valence-corrected chi connectivity index (χ1v) is 8.84. The molecule has 3 amide bonds. The van der Waals surface area contributed by atoms with Crippen LogP contribution in [-0.2, 0) is 16.8 Å². The lowest BCUT2D eigenvalue weighted by Crippen LogP contribution is -2.42. The van der Waals surface area contributed by atoms with Gasteiger partial charge in [-0.2, -0.15) is 0 Å². The monoisotopic (exact) mass is 334 g/mol. The quantitative estimate of drug-likeness (QED) is 0.869. The highest BCUT2D eigenvalue weighted by Crippen LogP contribution is 2.44. The first kappa shape index (κ1) is 15.9. The zero-order chi connectivity index (χ0) is 17.6. The van der Waals surface area contributed by atoms with Gasteiger partial charge >= 0.3 is 6.03 Å². The van der Waals surface area contributed by atoms with Gasteiger partial charge in [-0.1, -0.05) is 68.4 Å². The Kier molecular flexibility index (Phi) is 3.64. The van der Waals surface area contributed by atoms with Gasteiger partial charge in [0.15, 0.2) is 0 Å². The topological polar surface area (TPSA) is 49.4 Å². The Labute approximate surface area is 147 Å². The van der Waals surface area contributed by atoms with E-state index in [1.165, 1.54) is 4.90 Å². The Hall–Kier alpha value is -2.62. The Bertz CT molecular complexity index is 831. The zero-order valence-electron chi connectivity index (χ0n) is 14.5. The number of fused-ring (bicyclic) bond motifs is 2. The van der Waals surface area contributed by atoms with Gasteiger partial charge in [0.05, 0.1) is 6.04 Å². The molecule has 2 atom stereocenters. The zero-order valence-corrected chi connectivity index (χ0v) is 14.5. The minimum Gasteiger partial charge on any atom is -0.319 e. The van der Waals surface area contributed by atoms with Crippen LogP contribution in [-0.4, -0.2) is 16.8 Å². The highest BCUT2D eigenvalue weighted by Gasteiger charge is 2.57. The van der Waals surface area contributed by atoms with Gasteiger partial charge in [-0.3, -0.25) is 9.69 Å². The van der Waals surface area contributed by atoms with Crippen molar-refractivity contribution < 1.29 is 9.59 Å². The smallest absolute Gasteiger partial charge is 0.319 e. The van der Waals surface area contributed by atoms with Gasteiger partial charge in [-0.05, 0) is 35.4 Å². The maximum absolute atomic E-state index is 13.5. The van der Waals surface area contributed by atoms with Crippen LogP contribution >= 0.6 is 0 Å². The molecule has 1 aliphatic carbocycles. The molecule has 1 fully saturated rings. The Morgan fingerprint density at radius 1 is 1.00 bits per heavy atom. The molecule has 0 aromatic heterocycles. The molecular weight excluding hydrogens is 312 g/mol. The lowest BCUT2D eigenvalue weighted by Gasteiger charge is -2.30. The third-order valence-corrected chi connectivity index (χ3v) is 5.42. The lowest BCUT2D eigenvalue weighted by atomic mass is 9.89. The van der Waals surface area contributed by atoms with E-state index in [-0.39, 0.29) is 23.9 Å². The van der Waals surface area contributed by atoms with Gasteiger partial charge in [-0.25, -0.2) is 4.79 Å². The first-order chi connectivity index (χ1) is 12.0. The van der Waals surface area contributed by atoms with Crippen molar-refractivity contribution in [3.05, 3.63) is 71.3 Å². The van der Waals surface area contributed by atoms with Gasteiger partial charge in [-0.15, -0.1) is 0 Å². The SMILES string of the molecule is CC(C)C(c1ccccc1)N1C(=O)NC2(CCc3ccccc32)C1=O. The molecule has 2 aromatic rings. The van der Waals surface area contributed by atoms with Crippen molar-refractivity contribution in [2.24, 2.45) is 5.92 Å². The molecule has 0 saturated carbocycles. The summed E-state index contributed by atoms with van der Waals surface area (Å²) in [5.41, 5.74) is 2.20. The number of nitrogens with one attached hydrogen (secondary N) is 1. The second kappa shape index (κ2) is 5.73. The number of nitrogens with zero attached hydrogens (tertiary/aromatic N) is 1. The highest BCUT2D eigenvalue weighted by molar-refractivity contribution is 6.08. The molecule has 128 valence electrons. The molecule has 2 aromatic carbocycles. The summed E-state index contributed by atoms with van der Waals surface area (Å²) in [5.74, 6) is 0.00824. The summed E-state index contributed by atoms with van der Waals surface area (Å²) in [7, 11) is 0. The number of imide groups is 1. The summed E-state index contributed by atoms with van der Waals surface area (Å²) in [6, 6.07) is 17.2. The van der Waals surface area contributed by atoms with Crippen molar-refractivity contribution in [3.8, 4) is 0 Å². The summed E-state index contributed by atoms with van der Waals surface area (Å²) >= 11 is 0. The molecule has 2 aliphatic rings. The van der Waals surface area contributed by atoms with E-state index in [2.05, 4.69) is 5.32 Å². The minimum absolute atomic E-state index is 0.120. The van der Waals surface area contributed by atoms with Crippen LogP contribution in [0, 0.1) is 5.92 Å². The van der Waals surface area contributed by atoms with E-state index < -0.39 is 5.54 Å². The predicted molar refractivity (Wildman–Crippen MR) is 95.8 cm³/mol. The highest BCUT2D eigenvalue weighted by atomic mass is 16.2. The van der Waals surface area contributed by atoms with Crippen LogP contribution in [0.5, 0.6) is 0 Å². The molecule has 1 spiro atoms. The van der Waals surface area contributed by atoms with Crippen LogP contribution < -0.4 is 5.32 Å². The number of carbonyl (C=O) groups is 2. The molecule has 1 N–H and O–H groups in total. The van der Waals surface area contributed by atoms with Crippen LogP contribution in [0.4, 0.5) is 4.79 Å².